The molecule has 4 N–H and O–H groups in total. The smallest absolute Gasteiger partial charge is 0.433 e. The highest BCUT2D eigenvalue weighted by atomic mass is 19.4. The van der Waals surface area contributed by atoms with Gasteiger partial charge in [-0.3, -0.25) is 4.79 Å². The van der Waals surface area contributed by atoms with Crippen molar-refractivity contribution in [1.29, 1.82) is 0 Å². The van der Waals surface area contributed by atoms with Crippen molar-refractivity contribution in [3.05, 3.63) is 41.4 Å². The van der Waals surface area contributed by atoms with Gasteiger partial charge in [-0.1, -0.05) is 0 Å². The Balaban J connectivity index is 1.58. The van der Waals surface area contributed by atoms with Crippen LogP contribution >= 0.6 is 0 Å². The van der Waals surface area contributed by atoms with Crippen LogP contribution in [0.5, 0.6) is 5.75 Å². The number of nitrogens with two attached hydrogens (primary N) is 1. The monoisotopic (exact) mass is 535 g/mol. The lowest BCUT2D eigenvalue weighted by Crippen LogP contribution is -2.49. The molecule has 2 aromatic heterocycles. The van der Waals surface area contributed by atoms with E-state index in [0.717, 1.165) is 6.07 Å². The van der Waals surface area contributed by atoms with Gasteiger partial charge in [-0.15, -0.1) is 0 Å². The Kier molecular flexibility index (Phi) is 7.49. The standard InChI is InChI=1S/C25H28F3N5O5/c1-11(2)30-24(35)37-14-9-13(10-14)31-22(34)20-21(12(3)29)38-23(33-20)16-5-7-17(36-4)19-15(16)6-8-18(32-19)25(26,27)28/h5-8,11-14H,9-10,29H2,1-4H3,(H,30,35)(H,31,34)/t12-,13-,14+/m0/s1. The summed E-state index contributed by atoms with van der Waals surface area (Å²) in [6, 6.07) is 4.12. The summed E-state index contributed by atoms with van der Waals surface area (Å²) >= 11 is 0. The highest BCUT2D eigenvalue weighted by Gasteiger charge is 2.36. The number of nitrogens with one attached hydrogen (secondary N) is 2. The van der Waals surface area contributed by atoms with Crippen LogP contribution in [-0.4, -0.2) is 47.3 Å². The SMILES string of the molecule is COc1ccc(-c2nc(C(=O)N[C@H]3C[C@@H](OC(=O)NC(C)C)C3)c([C@H](C)N)o2)c2ccc(C(F)(F)F)nc12. The third-order valence-corrected chi connectivity index (χ3v) is 5.95. The number of halogens is 3. The topological polar surface area (TPSA) is 142 Å². The van der Waals surface area contributed by atoms with Crippen LogP contribution in [0.2, 0.25) is 0 Å². The van der Waals surface area contributed by atoms with Crippen LogP contribution in [0.15, 0.2) is 28.7 Å². The zero-order chi connectivity index (χ0) is 27.8. The van der Waals surface area contributed by atoms with Gasteiger partial charge >= 0.3 is 12.3 Å². The second kappa shape index (κ2) is 10.5. The molecule has 1 fully saturated rings. The number of oxazole rings is 1. The van der Waals surface area contributed by atoms with Crippen molar-refractivity contribution in [2.75, 3.05) is 7.11 Å². The molecule has 1 atom stereocenters. The van der Waals surface area contributed by atoms with Gasteiger partial charge < -0.3 is 30.3 Å². The minimum atomic E-state index is -4.64. The Morgan fingerprint density at radius 1 is 1.13 bits per heavy atom. The summed E-state index contributed by atoms with van der Waals surface area (Å²) in [5.41, 5.74) is 5.19. The number of aromatic nitrogens is 2. The highest BCUT2D eigenvalue weighted by molar-refractivity contribution is 5.98. The van der Waals surface area contributed by atoms with Crippen LogP contribution in [0.4, 0.5) is 18.0 Å². The molecule has 13 heteroatoms. The summed E-state index contributed by atoms with van der Waals surface area (Å²) in [5, 5.41) is 5.76. The Labute approximate surface area is 216 Å². The molecular formula is C25H28F3N5O5. The van der Waals surface area contributed by atoms with Crippen molar-refractivity contribution >= 4 is 22.9 Å². The summed E-state index contributed by atoms with van der Waals surface area (Å²) in [6.07, 6.45) is -4.61. The molecule has 38 heavy (non-hydrogen) atoms. The first-order chi connectivity index (χ1) is 17.9. The van der Waals surface area contributed by atoms with Gasteiger partial charge in [-0.25, -0.2) is 14.8 Å². The zero-order valence-electron chi connectivity index (χ0n) is 21.2. The molecule has 3 aromatic rings. The van der Waals surface area contributed by atoms with E-state index in [2.05, 4.69) is 20.6 Å². The van der Waals surface area contributed by atoms with E-state index in [1.807, 2.05) is 13.8 Å². The third kappa shape index (κ3) is 5.67. The largest absolute Gasteiger partial charge is 0.494 e. The Morgan fingerprint density at radius 2 is 1.84 bits per heavy atom. The van der Waals surface area contributed by atoms with E-state index in [1.165, 1.54) is 19.2 Å². The number of carbonyl (C=O) groups excluding carboxylic acids is 2. The summed E-state index contributed by atoms with van der Waals surface area (Å²) in [4.78, 5) is 32.9. The van der Waals surface area contributed by atoms with Crippen LogP contribution in [0.1, 0.15) is 61.6 Å². The number of benzene rings is 1. The molecule has 2 heterocycles. The van der Waals surface area contributed by atoms with Crippen molar-refractivity contribution in [3.8, 4) is 17.2 Å². The van der Waals surface area contributed by atoms with Gasteiger partial charge in [-0.05, 0) is 45.0 Å². The maximum absolute atomic E-state index is 13.3. The van der Waals surface area contributed by atoms with E-state index in [-0.39, 0.29) is 46.8 Å². The van der Waals surface area contributed by atoms with Crippen molar-refractivity contribution in [2.24, 2.45) is 5.73 Å². The van der Waals surface area contributed by atoms with Crippen molar-refractivity contribution in [1.82, 2.24) is 20.6 Å². The molecule has 1 aliphatic rings. The number of nitrogens with zero attached hydrogens (tertiary/aromatic N) is 2. The van der Waals surface area contributed by atoms with Gasteiger partial charge in [0.05, 0.1) is 13.2 Å². The number of amides is 2. The first-order valence-corrected chi connectivity index (χ1v) is 12.0. The quantitative estimate of drug-likeness (QED) is 0.406. The molecule has 2 amide bonds. The van der Waals surface area contributed by atoms with E-state index in [9.17, 15) is 22.8 Å². The highest BCUT2D eigenvalue weighted by Crippen LogP contribution is 2.37. The second-order valence-corrected chi connectivity index (χ2v) is 9.39. The Morgan fingerprint density at radius 3 is 2.45 bits per heavy atom. The molecule has 0 radical (unpaired) electrons. The minimum absolute atomic E-state index is 0.00293. The molecule has 10 nitrogen and oxygen atoms in total. The average Bonchev–Trinajstić information content (AvgIpc) is 3.26. The van der Waals surface area contributed by atoms with E-state index in [4.69, 9.17) is 19.6 Å². The predicted octanol–water partition coefficient (Wildman–Crippen LogP) is 4.33. The van der Waals surface area contributed by atoms with Gasteiger partial charge in [0.1, 0.15) is 23.1 Å². The van der Waals surface area contributed by atoms with Crippen molar-refractivity contribution in [2.45, 2.75) is 64.0 Å². The van der Waals surface area contributed by atoms with Crippen LogP contribution in [0, 0.1) is 0 Å². The van der Waals surface area contributed by atoms with E-state index in [0.29, 0.717) is 23.8 Å². The van der Waals surface area contributed by atoms with E-state index in [1.54, 1.807) is 13.0 Å². The van der Waals surface area contributed by atoms with E-state index < -0.39 is 29.9 Å². The van der Waals surface area contributed by atoms with E-state index >= 15 is 0 Å². The fraction of sp³-hybridized carbons (Fsp3) is 0.440. The maximum Gasteiger partial charge on any atom is 0.433 e. The fourth-order valence-corrected chi connectivity index (χ4v) is 4.07. The molecule has 1 aromatic carbocycles. The lowest BCUT2D eigenvalue weighted by atomic mass is 9.89. The molecule has 1 saturated carbocycles. The van der Waals surface area contributed by atoms with Crippen LogP contribution in [0.3, 0.4) is 0 Å². The summed E-state index contributed by atoms with van der Waals surface area (Å²) in [7, 11) is 1.32. The first kappa shape index (κ1) is 27.2. The molecule has 1 aliphatic carbocycles. The predicted molar refractivity (Wildman–Crippen MR) is 130 cm³/mol. The Hall–Kier alpha value is -3.87. The number of ether oxygens (including phenoxy) is 2. The number of alkyl halides is 3. The number of hydrogen-bond acceptors (Lipinski definition) is 8. The summed E-state index contributed by atoms with van der Waals surface area (Å²) in [6.45, 7) is 5.25. The molecular weight excluding hydrogens is 507 g/mol. The van der Waals surface area contributed by atoms with Crippen LogP contribution in [-0.2, 0) is 10.9 Å². The average molecular weight is 536 g/mol. The molecule has 0 saturated heterocycles. The lowest BCUT2D eigenvalue weighted by Gasteiger charge is -2.35. The lowest BCUT2D eigenvalue weighted by molar-refractivity contribution is -0.140. The van der Waals surface area contributed by atoms with Crippen LogP contribution in [0.25, 0.3) is 22.4 Å². The number of pyridine rings is 1. The molecule has 4 rings (SSSR count). The number of fused-ring (bicyclic) bond motifs is 1. The van der Waals surface area contributed by atoms with Crippen molar-refractivity contribution in [3.63, 3.8) is 0 Å². The van der Waals surface area contributed by atoms with Gasteiger partial charge in [0, 0.05) is 35.9 Å². The number of rotatable bonds is 7. The fourth-order valence-electron chi connectivity index (χ4n) is 4.07. The zero-order valence-corrected chi connectivity index (χ0v) is 21.2. The van der Waals surface area contributed by atoms with Gasteiger partial charge in [0.25, 0.3) is 5.91 Å². The normalized spacial score (nSPS) is 18.1. The molecule has 204 valence electrons. The molecule has 0 unspecified atom stereocenters. The van der Waals surface area contributed by atoms with Crippen LogP contribution < -0.4 is 21.1 Å². The number of methoxy groups -OCH3 is 1. The summed E-state index contributed by atoms with van der Waals surface area (Å²) in [5.74, 6) is -0.282. The van der Waals surface area contributed by atoms with Crippen molar-refractivity contribution < 1.29 is 36.7 Å². The first-order valence-electron chi connectivity index (χ1n) is 12.0. The number of hydrogen-bond donors (Lipinski definition) is 3. The van der Waals surface area contributed by atoms with Gasteiger partial charge in [0.15, 0.2) is 11.5 Å². The molecule has 0 aliphatic heterocycles. The van der Waals surface area contributed by atoms with Gasteiger partial charge in [0.2, 0.25) is 5.89 Å². The molecule has 0 bridgehead atoms. The molecule has 0 spiro atoms. The minimum Gasteiger partial charge on any atom is -0.494 e. The third-order valence-electron chi connectivity index (χ3n) is 5.95. The Bertz CT molecular complexity index is 1350. The second-order valence-electron chi connectivity index (χ2n) is 9.39. The summed E-state index contributed by atoms with van der Waals surface area (Å²) < 4.78 is 56.1. The number of carbonyl (C=O) groups is 2. The number of alkyl carbamates (subject to hydrolysis) is 1. The van der Waals surface area contributed by atoms with Gasteiger partial charge in [-0.2, -0.15) is 13.2 Å². The maximum atomic E-state index is 13.3.